The number of hydrogen-bond acceptors (Lipinski definition) is 3. The van der Waals surface area contributed by atoms with Crippen LogP contribution in [0.1, 0.15) is 29.7 Å². The Bertz CT molecular complexity index is 599. The van der Waals surface area contributed by atoms with Gasteiger partial charge < -0.3 is 10.1 Å². The highest BCUT2D eigenvalue weighted by Gasteiger charge is 2.06. The van der Waals surface area contributed by atoms with Gasteiger partial charge in [-0.3, -0.25) is 0 Å². The van der Waals surface area contributed by atoms with Crippen LogP contribution >= 0.6 is 0 Å². The summed E-state index contributed by atoms with van der Waals surface area (Å²) >= 11 is 0. The van der Waals surface area contributed by atoms with Gasteiger partial charge in [0.25, 0.3) is 0 Å². The van der Waals surface area contributed by atoms with Crippen LogP contribution in [0.3, 0.4) is 0 Å². The second kappa shape index (κ2) is 6.74. The van der Waals surface area contributed by atoms with Crippen LogP contribution in [0.25, 0.3) is 0 Å². The lowest BCUT2D eigenvalue weighted by Gasteiger charge is -2.15. The van der Waals surface area contributed by atoms with Gasteiger partial charge in [0.15, 0.2) is 0 Å². The van der Waals surface area contributed by atoms with Gasteiger partial charge >= 0.3 is 0 Å². The molecule has 2 rings (SSSR count). The zero-order valence-electron chi connectivity index (χ0n) is 11.8. The third kappa shape index (κ3) is 3.37. The van der Waals surface area contributed by atoms with Crippen LogP contribution in [0, 0.1) is 11.3 Å². The van der Waals surface area contributed by atoms with Gasteiger partial charge in [-0.1, -0.05) is 30.3 Å². The van der Waals surface area contributed by atoms with E-state index in [0.29, 0.717) is 6.54 Å². The van der Waals surface area contributed by atoms with E-state index in [1.807, 2.05) is 48.5 Å². The van der Waals surface area contributed by atoms with Crippen molar-refractivity contribution in [2.45, 2.75) is 19.5 Å². The third-order valence-corrected chi connectivity index (χ3v) is 3.35. The predicted octanol–water partition coefficient (Wildman–Crippen LogP) is 3.42. The number of rotatable bonds is 5. The zero-order valence-corrected chi connectivity index (χ0v) is 11.8. The highest BCUT2D eigenvalue weighted by Crippen LogP contribution is 2.18. The van der Waals surface area contributed by atoms with Gasteiger partial charge in [0.2, 0.25) is 0 Å². The summed E-state index contributed by atoms with van der Waals surface area (Å²) in [7, 11) is 1.66. The summed E-state index contributed by atoms with van der Waals surface area (Å²) in [6.45, 7) is 2.79. The van der Waals surface area contributed by atoms with Crippen LogP contribution in [0.2, 0.25) is 0 Å². The Labute approximate surface area is 119 Å². The maximum Gasteiger partial charge on any atom is 0.118 e. The molecule has 0 heterocycles. The van der Waals surface area contributed by atoms with Crippen molar-refractivity contribution in [1.82, 2.24) is 5.32 Å². The van der Waals surface area contributed by atoms with Crippen molar-refractivity contribution in [3.8, 4) is 11.8 Å². The van der Waals surface area contributed by atoms with Crippen LogP contribution in [-0.4, -0.2) is 7.11 Å². The van der Waals surface area contributed by atoms with E-state index in [1.54, 1.807) is 7.11 Å². The molecular weight excluding hydrogens is 248 g/mol. The standard InChI is InChI=1S/C17H18N2O/c1-13(14-7-9-17(20-2)10-8-14)19-12-16-6-4-3-5-15(16)11-18/h3-10,13,19H,12H2,1-2H3. The fourth-order valence-electron chi connectivity index (χ4n) is 2.06. The van der Waals surface area contributed by atoms with Crippen molar-refractivity contribution in [2.24, 2.45) is 0 Å². The monoisotopic (exact) mass is 266 g/mol. The minimum Gasteiger partial charge on any atom is -0.497 e. The average Bonchev–Trinajstić information content (AvgIpc) is 2.53. The highest BCUT2D eigenvalue weighted by atomic mass is 16.5. The maximum absolute atomic E-state index is 9.07. The van der Waals surface area contributed by atoms with Gasteiger partial charge in [-0.2, -0.15) is 5.26 Å². The van der Waals surface area contributed by atoms with Crippen LogP contribution < -0.4 is 10.1 Å². The van der Waals surface area contributed by atoms with Gasteiger partial charge in [0, 0.05) is 12.6 Å². The van der Waals surface area contributed by atoms with Gasteiger partial charge in [-0.25, -0.2) is 0 Å². The summed E-state index contributed by atoms with van der Waals surface area (Å²) in [5.41, 5.74) is 2.94. The topological polar surface area (TPSA) is 45.0 Å². The predicted molar refractivity (Wildman–Crippen MR) is 79.4 cm³/mol. The fourth-order valence-corrected chi connectivity index (χ4v) is 2.06. The first-order valence-corrected chi connectivity index (χ1v) is 6.60. The molecule has 0 amide bonds. The first-order valence-electron chi connectivity index (χ1n) is 6.60. The van der Waals surface area contributed by atoms with Gasteiger partial charge in [-0.05, 0) is 36.2 Å². The number of benzene rings is 2. The second-order valence-corrected chi connectivity index (χ2v) is 4.64. The van der Waals surface area contributed by atoms with E-state index < -0.39 is 0 Å². The molecule has 0 bridgehead atoms. The minimum absolute atomic E-state index is 0.215. The first-order chi connectivity index (χ1) is 9.74. The van der Waals surface area contributed by atoms with Crippen molar-refractivity contribution in [2.75, 3.05) is 7.11 Å². The summed E-state index contributed by atoms with van der Waals surface area (Å²) in [6.07, 6.45) is 0. The van der Waals surface area contributed by atoms with E-state index in [0.717, 1.165) is 16.9 Å². The molecule has 0 radical (unpaired) electrons. The van der Waals surface area contributed by atoms with E-state index in [-0.39, 0.29) is 6.04 Å². The largest absolute Gasteiger partial charge is 0.497 e. The molecule has 0 saturated carbocycles. The van der Waals surface area contributed by atoms with Crippen molar-refractivity contribution in [3.05, 3.63) is 65.2 Å². The maximum atomic E-state index is 9.07. The summed E-state index contributed by atoms with van der Waals surface area (Å²) in [4.78, 5) is 0. The molecule has 0 aliphatic carbocycles. The molecule has 0 fully saturated rings. The number of nitrogens with zero attached hydrogens (tertiary/aromatic N) is 1. The van der Waals surface area contributed by atoms with E-state index in [2.05, 4.69) is 18.3 Å². The number of methoxy groups -OCH3 is 1. The normalized spacial score (nSPS) is 11.7. The third-order valence-electron chi connectivity index (χ3n) is 3.35. The van der Waals surface area contributed by atoms with E-state index in [9.17, 15) is 0 Å². The lowest BCUT2D eigenvalue weighted by molar-refractivity contribution is 0.414. The molecule has 0 saturated heterocycles. The first kappa shape index (κ1) is 14.1. The number of nitrogens with one attached hydrogen (secondary N) is 1. The van der Waals surface area contributed by atoms with E-state index >= 15 is 0 Å². The molecule has 20 heavy (non-hydrogen) atoms. The molecule has 2 aromatic rings. The Hall–Kier alpha value is -2.31. The van der Waals surface area contributed by atoms with E-state index in [1.165, 1.54) is 5.56 Å². The van der Waals surface area contributed by atoms with E-state index in [4.69, 9.17) is 10.00 Å². The molecule has 3 heteroatoms. The number of ether oxygens (including phenoxy) is 1. The summed E-state index contributed by atoms with van der Waals surface area (Å²) in [5, 5.41) is 12.5. The molecular formula is C17H18N2O. The Balaban J connectivity index is 2.01. The summed E-state index contributed by atoms with van der Waals surface area (Å²) in [6, 6.07) is 18.1. The zero-order chi connectivity index (χ0) is 14.4. The van der Waals surface area contributed by atoms with Gasteiger partial charge in [0.1, 0.15) is 5.75 Å². The molecule has 1 N–H and O–H groups in total. The average molecular weight is 266 g/mol. The smallest absolute Gasteiger partial charge is 0.118 e. The molecule has 0 spiro atoms. The molecule has 102 valence electrons. The SMILES string of the molecule is COc1ccc(C(C)NCc2ccccc2C#N)cc1. The molecule has 0 aliphatic heterocycles. The Morgan fingerprint density at radius 1 is 1.15 bits per heavy atom. The molecule has 3 nitrogen and oxygen atoms in total. The quantitative estimate of drug-likeness (QED) is 0.902. The molecule has 0 aromatic heterocycles. The second-order valence-electron chi connectivity index (χ2n) is 4.64. The number of hydrogen-bond donors (Lipinski definition) is 1. The van der Waals surface area contributed by atoms with Crippen molar-refractivity contribution >= 4 is 0 Å². The summed E-state index contributed by atoms with van der Waals surface area (Å²) in [5.74, 6) is 0.857. The molecule has 2 aromatic carbocycles. The van der Waals surface area contributed by atoms with Crippen molar-refractivity contribution in [3.63, 3.8) is 0 Å². The highest BCUT2D eigenvalue weighted by molar-refractivity contribution is 5.37. The Morgan fingerprint density at radius 2 is 1.85 bits per heavy atom. The molecule has 0 aliphatic rings. The number of nitriles is 1. The van der Waals surface area contributed by atoms with Crippen LogP contribution in [-0.2, 0) is 6.54 Å². The van der Waals surface area contributed by atoms with Crippen molar-refractivity contribution in [1.29, 1.82) is 5.26 Å². The fraction of sp³-hybridized carbons (Fsp3) is 0.235. The summed E-state index contributed by atoms with van der Waals surface area (Å²) < 4.78 is 5.15. The van der Waals surface area contributed by atoms with Crippen LogP contribution in [0.4, 0.5) is 0 Å². The van der Waals surface area contributed by atoms with Crippen molar-refractivity contribution < 1.29 is 4.74 Å². The van der Waals surface area contributed by atoms with Gasteiger partial charge in [0.05, 0.1) is 18.7 Å². The molecule has 1 atom stereocenters. The lowest BCUT2D eigenvalue weighted by atomic mass is 10.1. The lowest BCUT2D eigenvalue weighted by Crippen LogP contribution is -2.18. The minimum atomic E-state index is 0.215. The van der Waals surface area contributed by atoms with Crippen LogP contribution in [0.15, 0.2) is 48.5 Å². The Kier molecular flexibility index (Phi) is 4.75. The van der Waals surface area contributed by atoms with Gasteiger partial charge in [-0.15, -0.1) is 0 Å². The Morgan fingerprint density at radius 3 is 2.50 bits per heavy atom. The van der Waals surface area contributed by atoms with Crippen LogP contribution in [0.5, 0.6) is 5.75 Å². The molecule has 1 unspecified atom stereocenters.